The Morgan fingerprint density at radius 3 is 2.33 bits per heavy atom. The maximum atomic E-state index is 10.9. The first-order valence-corrected chi connectivity index (χ1v) is 9.54. The number of aliphatic hydroxyl groups is 1. The van der Waals surface area contributed by atoms with Gasteiger partial charge in [-0.3, -0.25) is 4.90 Å². The molecule has 0 aliphatic carbocycles. The predicted octanol–water partition coefficient (Wildman–Crippen LogP) is 3.57. The Morgan fingerprint density at radius 1 is 1.04 bits per heavy atom. The zero-order valence-corrected chi connectivity index (χ0v) is 16.2. The van der Waals surface area contributed by atoms with Crippen molar-refractivity contribution < 1.29 is 19.3 Å². The summed E-state index contributed by atoms with van der Waals surface area (Å²) in [5.41, 5.74) is 3.78. The fraction of sp³-hybridized carbons (Fsp3) is 0.455. The summed E-state index contributed by atoms with van der Waals surface area (Å²) in [6.07, 6.45) is 1.87. The van der Waals surface area contributed by atoms with Gasteiger partial charge in [0.15, 0.2) is 0 Å². The summed E-state index contributed by atoms with van der Waals surface area (Å²) in [5, 5.41) is 10.9. The summed E-state index contributed by atoms with van der Waals surface area (Å²) in [6.45, 7) is 4.60. The molecule has 0 spiro atoms. The molecule has 27 heavy (non-hydrogen) atoms. The Labute approximate surface area is 160 Å². The van der Waals surface area contributed by atoms with Crippen molar-refractivity contribution in [1.82, 2.24) is 4.90 Å². The van der Waals surface area contributed by atoms with Crippen LogP contribution in [0.15, 0.2) is 30.3 Å². The van der Waals surface area contributed by atoms with Gasteiger partial charge in [-0.25, -0.2) is 0 Å². The Bertz CT molecular complexity index is 804. The molecule has 4 rings (SSSR count). The molecule has 2 aromatic carbocycles. The average molecular weight is 369 g/mol. The summed E-state index contributed by atoms with van der Waals surface area (Å²) in [5.74, 6) is 2.26. The third-order valence-electron chi connectivity index (χ3n) is 5.65. The average Bonchev–Trinajstić information content (AvgIpc) is 3.21. The fourth-order valence-corrected chi connectivity index (χ4v) is 4.24. The second kappa shape index (κ2) is 7.41. The second-order valence-electron chi connectivity index (χ2n) is 7.36. The molecule has 1 saturated heterocycles. The molecule has 1 N–H and O–H groups in total. The maximum Gasteiger partial charge on any atom is 0.130 e. The molecule has 0 saturated carbocycles. The van der Waals surface area contributed by atoms with E-state index >= 15 is 0 Å². The molecule has 0 aromatic heterocycles. The number of benzene rings is 2. The van der Waals surface area contributed by atoms with Crippen molar-refractivity contribution in [2.24, 2.45) is 0 Å². The Balaban J connectivity index is 1.71. The highest BCUT2D eigenvalue weighted by Gasteiger charge is 2.35. The van der Waals surface area contributed by atoms with Crippen LogP contribution < -0.4 is 14.2 Å². The minimum absolute atomic E-state index is 0.0364. The van der Waals surface area contributed by atoms with Gasteiger partial charge in [0.05, 0.1) is 25.8 Å². The van der Waals surface area contributed by atoms with E-state index < -0.39 is 6.10 Å². The van der Waals surface area contributed by atoms with Crippen molar-refractivity contribution >= 4 is 0 Å². The quantitative estimate of drug-likeness (QED) is 0.893. The zero-order valence-electron chi connectivity index (χ0n) is 16.2. The molecule has 2 atom stereocenters. The van der Waals surface area contributed by atoms with Gasteiger partial charge in [0, 0.05) is 5.56 Å². The van der Waals surface area contributed by atoms with Gasteiger partial charge in [0.25, 0.3) is 0 Å². The number of hydrogen-bond donors (Lipinski definition) is 1. The standard InChI is InChI=1S/C22H27NO4/c1-14-10-19(25-2)21(20(11-14)26-3)15-6-7-16-18(12-15)27-13-17(22(16)24)23-8-4-5-9-23/h6-7,10-12,17,22,24H,4-5,8-9,13H2,1-3H3. The lowest BCUT2D eigenvalue weighted by atomic mass is 9.94. The van der Waals surface area contributed by atoms with Gasteiger partial charge in [-0.05, 0) is 62.2 Å². The maximum absolute atomic E-state index is 10.9. The zero-order chi connectivity index (χ0) is 19.0. The fourth-order valence-electron chi connectivity index (χ4n) is 4.24. The highest BCUT2D eigenvalue weighted by Crippen LogP contribution is 2.43. The highest BCUT2D eigenvalue weighted by molar-refractivity contribution is 5.79. The topological polar surface area (TPSA) is 51.2 Å². The Kier molecular flexibility index (Phi) is 4.98. The van der Waals surface area contributed by atoms with Crippen LogP contribution in [0, 0.1) is 6.92 Å². The predicted molar refractivity (Wildman–Crippen MR) is 105 cm³/mol. The minimum Gasteiger partial charge on any atom is -0.496 e. The van der Waals surface area contributed by atoms with E-state index in [1.165, 1.54) is 12.8 Å². The normalized spacial score (nSPS) is 22.2. The van der Waals surface area contributed by atoms with Crippen molar-refractivity contribution in [3.8, 4) is 28.4 Å². The van der Waals surface area contributed by atoms with Crippen LogP contribution >= 0.6 is 0 Å². The lowest BCUT2D eigenvalue weighted by Crippen LogP contribution is -2.44. The van der Waals surface area contributed by atoms with Crippen molar-refractivity contribution in [2.45, 2.75) is 31.9 Å². The van der Waals surface area contributed by atoms with Crippen molar-refractivity contribution in [3.63, 3.8) is 0 Å². The van der Waals surface area contributed by atoms with E-state index in [0.29, 0.717) is 6.61 Å². The lowest BCUT2D eigenvalue weighted by molar-refractivity contribution is 0.0140. The first-order valence-electron chi connectivity index (χ1n) is 9.54. The van der Waals surface area contributed by atoms with Crippen molar-refractivity contribution in [1.29, 1.82) is 0 Å². The van der Waals surface area contributed by atoms with Crippen LogP contribution in [-0.2, 0) is 0 Å². The van der Waals surface area contributed by atoms with Crippen molar-refractivity contribution in [2.75, 3.05) is 33.9 Å². The molecule has 0 radical (unpaired) electrons. The molecular formula is C22H27NO4. The number of fused-ring (bicyclic) bond motifs is 1. The number of hydrogen-bond acceptors (Lipinski definition) is 5. The number of nitrogens with zero attached hydrogens (tertiary/aromatic N) is 1. The van der Waals surface area contributed by atoms with E-state index in [9.17, 15) is 5.11 Å². The van der Waals surface area contributed by atoms with Crippen LogP contribution in [0.3, 0.4) is 0 Å². The Morgan fingerprint density at radius 2 is 1.70 bits per heavy atom. The van der Waals surface area contributed by atoms with Gasteiger partial charge in [-0.1, -0.05) is 12.1 Å². The van der Waals surface area contributed by atoms with Gasteiger partial charge < -0.3 is 19.3 Å². The summed E-state index contributed by atoms with van der Waals surface area (Å²) in [7, 11) is 3.33. The van der Waals surface area contributed by atoms with Gasteiger partial charge in [-0.2, -0.15) is 0 Å². The van der Waals surface area contributed by atoms with Crippen LogP contribution in [-0.4, -0.2) is 50.0 Å². The summed E-state index contributed by atoms with van der Waals surface area (Å²) in [6, 6.07) is 9.99. The third-order valence-corrected chi connectivity index (χ3v) is 5.65. The van der Waals surface area contributed by atoms with Crippen LogP contribution in [0.2, 0.25) is 0 Å². The lowest BCUT2D eigenvalue weighted by Gasteiger charge is -2.36. The van der Waals surface area contributed by atoms with Gasteiger partial charge in [0.2, 0.25) is 0 Å². The Hall–Kier alpha value is -2.24. The number of methoxy groups -OCH3 is 2. The monoisotopic (exact) mass is 369 g/mol. The minimum atomic E-state index is -0.525. The van der Waals surface area contributed by atoms with E-state index in [0.717, 1.165) is 52.6 Å². The summed E-state index contributed by atoms with van der Waals surface area (Å²) < 4.78 is 17.3. The van der Waals surface area contributed by atoms with E-state index in [1.807, 2.05) is 37.3 Å². The largest absolute Gasteiger partial charge is 0.496 e. The summed E-state index contributed by atoms with van der Waals surface area (Å²) >= 11 is 0. The number of likely N-dealkylation sites (tertiary alicyclic amines) is 1. The molecule has 144 valence electrons. The smallest absolute Gasteiger partial charge is 0.130 e. The molecule has 2 aliphatic rings. The molecule has 0 amide bonds. The second-order valence-corrected chi connectivity index (χ2v) is 7.36. The van der Waals surface area contributed by atoms with Gasteiger partial charge in [0.1, 0.15) is 30.0 Å². The number of rotatable bonds is 4. The number of aliphatic hydroxyl groups excluding tert-OH is 1. The molecule has 2 aromatic rings. The first kappa shape index (κ1) is 18.1. The molecule has 2 unspecified atom stereocenters. The van der Waals surface area contributed by atoms with Gasteiger partial charge in [-0.15, -0.1) is 0 Å². The van der Waals surface area contributed by atoms with Crippen LogP contribution in [0.25, 0.3) is 11.1 Å². The van der Waals surface area contributed by atoms with Gasteiger partial charge >= 0.3 is 0 Å². The van der Waals surface area contributed by atoms with Crippen molar-refractivity contribution in [3.05, 3.63) is 41.5 Å². The molecule has 1 fully saturated rings. The first-order chi connectivity index (χ1) is 13.1. The summed E-state index contributed by atoms with van der Waals surface area (Å²) in [4.78, 5) is 2.34. The SMILES string of the molecule is COc1cc(C)cc(OC)c1-c1ccc2c(c1)OCC(N1CCCC1)C2O. The number of ether oxygens (including phenoxy) is 3. The molecule has 5 nitrogen and oxygen atoms in total. The van der Waals surface area contributed by atoms with Crippen LogP contribution in [0.4, 0.5) is 0 Å². The number of aryl methyl sites for hydroxylation is 1. The van der Waals surface area contributed by atoms with E-state index in [-0.39, 0.29) is 6.04 Å². The molecule has 2 aliphatic heterocycles. The highest BCUT2D eigenvalue weighted by atomic mass is 16.5. The molecule has 0 bridgehead atoms. The van der Waals surface area contributed by atoms with E-state index in [1.54, 1.807) is 14.2 Å². The van der Waals surface area contributed by atoms with Crippen LogP contribution in [0.5, 0.6) is 17.2 Å². The molecule has 2 heterocycles. The molecule has 5 heteroatoms. The van der Waals surface area contributed by atoms with E-state index in [2.05, 4.69) is 4.90 Å². The van der Waals surface area contributed by atoms with Crippen LogP contribution in [0.1, 0.15) is 30.1 Å². The molecular weight excluding hydrogens is 342 g/mol. The van der Waals surface area contributed by atoms with E-state index in [4.69, 9.17) is 14.2 Å². The third kappa shape index (κ3) is 3.26.